The molecule has 0 rings (SSSR count). The largest absolute Gasteiger partial charge is 0.509 e. The maximum atomic E-state index is 11.7. The van der Waals surface area contributed by atoms with Crippen molar-refractivity contribution < 1.29 is 19.4 Å². The Morgan fingerprint density at radius 2 is 1.59 bits per heavy atom. The first kappa shape index (κ1) is 24.5. The molecule has 0 aromatic heterocycles. The van der Waals surface area contributed by atoms with E-state index in [2.05, 4.69) is 26.3 Å². The van der Waals surface area contributed by atoms with E-state index in [-0.39, 0.29) is 30.7 Å². The van der Waals surface area contributed by atoms with Crippen LogP contribution in [0, 0.1) is 0 Å². The van der Waals surface area contributed by atoms with Crippen LogP contribution in [-0.2, 0) is 14.3 Å². The molecule has 4 nitrogen and oxygen atoms in total. The van der Waals surface area contributed by atoms with Crippen molar-refractivity contribution in [3.8, 4) is 0 Å². The van der Waals surface area contributed by atoms with E-state index < -0.39 is 0 Å². The van der Waals surface area contributed by atoms with Gasteiger partial charge in [-0.25, -0.2) is 0 Å². The van der Waals surface area contributed by atoms with Gasteiger partial charge in [-0.1, -0.05) is 29.9 Å². The Hall–Kier alpha value is -2.49. The van der Waals surface area contributed by atoms with Crippen molar-refractivity contribution in [3.63, 3.8) is 0 Å². The van der Waals surface area contributed by atoms with Gasteiger partial charge < -0.3 is 14.6 Å². The Bertz CT molecular complexity index is 565. The lowest BCUT2D eigenvalue weighted by Gasteiger charge is -2.25. The van der Waals surface area contributed by atoms with Gasteiger partial charge in [0.1, 0.15) is 17.6 Å². The Balaban J connectivity index is 5.68. The predicted molar refractivity (Wildman–Crippen MR) is 112 cm³/mol. The number of aliphatic hydroxyl groups is 1. The molecule has 0 aliphatic carbocycles. The summed E-state index contributed by atoms with van der Waals surface area (Å²) >= 11 is 0. The number of ether oxygens (including phenoxy) is 2. The second-order valence-electron chi connectivity index (χ2n) is 6.05. The fourth-order valence-corrected chi connectivity index (χ4v) is 2.71. The molecule has 1 atom stereocenters. The van der Waals surface area contributed by atoms with Crippen LogP contribution in [0.2, 0.25) is 0 Å². The van der Waals surface area contributed by atoms with Crippen molar-refractivity contribution in [2.45, 2.75) is 58.5 Å². The highest BCUT2D eigenvalue weighted by Gasteiger charge is 2.20. The third-order valence-corrected chi connectivity index (χ3v) is 3.92. The van der Waals surface area contributed by atoms with Crippen LogP contribution in [0.4, 0.5) is 0 Å². The molecule has 0 fully saturated rings. The van der Waals surface area contributed by atoms with Crippen LogP contribution < -0.4 is 0 Å². The summed E-state index contributed by atoms with van der Waals surface area (Å²) in [6.45, 7) is 19.0. The molecule has 1 N–H and O–H groups in total. The van der Waals surface area contributed by atoms with Crippen molar-refractivity contribution in [3.05, 3.63) is 73.3 Å². The quantitative estimate of drug-likeness (QED) is 0.214. The summed E-state index contributed by atoms with van der Waals surface area (Å²) in [5, 5.41) is 10.0. The molecule has 0 amide bonds. The number of esters is 1. The van der Waals surface area contributed by atoms with E-state index in [4.69, 9.17) is 9.47 Å². The van der Waals surface area contributed by atoms with Gasteiger partial charge >= 0.3 is 5.97 Å². The molecular weight excluding hydrogens is 340 g/mol. The molecule has 0 heterocycles. The van der Waals surface area contributed by atoms with Crippen LogP contribution >= 0.6 is 0 Å². The summed E-state index contributed by atoms with van der Waals surface area (Å²) in [6.07, 6.45) is 10.1. The van der Waals surface area contributed by atoms with Crippen molar-refractivity contribution in [2.24, 2.45) is 0 Å². The van der Waals surface area contributed by atoms with E-state index in [0.29, 0.717) is 38.0 Å². The SMILES string of the molecule is C=CCC(CC=C)=C(CC=C)C(CC=C)O/C(CCC(=O)OCC)=C(\C)O. The summed E-state index contributed by atoms with van der Waals surface area (Å²) < 4.78 is 11.1. The monoisotopic (exact) mass is 374 g/mol. The molecule has 0 spiro atoms. The van der Waals surface area contributed by atoms with E-state index in [1.54, 1.807) is 19.9 Å². The van der Waals surface area contributed by atoms with E-state index >= 15 is 0 Å². The number of hydrogen-bond donors (Lipinski definition) is 1. The first-order chi connectivity index (χ1) is 12.9. The summed E-state index contributed by atoms with van der Waals surface area (Å²) in [7, 11) is 0. The van der Waals surface area contributed by atoms with Crippen molar-refractivity contribution in [1.82, 2.24) is 0 Å². The number of allylic oxidation sites excluding steroid dienone is 6. The highest BCUT2D eigenvalue weighted by Crippen LogP contribution is 2.28. The fraction of sp³-hybridized carbons (Fsp3) is 0.435. The Morgan fingerprint density at radius 3 is 2.04 bits per heavy atom. The lowest BCUT2D eigenvalue weighted by Crippen LogP contribution is -2.18. The minimum Gasteiger partial charge on any atom is -0.509 e. The zero-order chi connectivity index (χ0) is 20.7. The minimum atomic E-state index is -0.319. The standard InChI is InChI=1S/C23H34O4/c1-7-12-19(13-8-2)20(14-9-3)22(15-10-4)27-21(18(6)24)16-17-23(25)26-11-5/h7-10,22,24H,1-4,11-17H2,5-6H3/b21-18+. The molecule has 0 aromatic carbocycles. The summed E-state index contributed by atoms with van der Waals surface area (Å²) in [5.41, 5.74) is 2.23. The maximum absolute atomic E-state index is 11.7. The normalized spacial score (nSPS) is 12.2. The van der Waals surface area contributed by atoms with Gasteiger partial charge in [-0.2, -0.15) is 0 Å². The third-order valence-electron chi connectivity index (χ3n) is 3.92. The van der Waals surface area contributed by atoms with Crippen LogP contribution in [0.25, 0.3) is 0 Å². The van der Waals surface area contributed by atoms with Crippen LogP contribution in [0.1, 0.15) is 52.4 Å². The van der Waals surface area contributed by atoms with Gasteiger partial charge in [-0.3, -0.25) is 4.79 Å². The summed E-state index contributed by atoms with van der Waals surface area (Å²) in [5.74, 6) is 0.120. The number of aliphatic hydroxyl groups excluding tert-OH is 1. The van der Waals surface area contributed by atoms with Crippen LogP contribution in [0.15, 0.2) is 73.3 Å². The van der Waals surface area contributed by atoms with Crippen LogP contribution in [0.5, 0.6) is 0 Å². The molecule has 0 bridgehead atoms. The minimum absolute atomic E-state index is 0.0558. The number of carbonyl (C=O) groups is 1. The first-order valence-corrected chi connectivity index (χ1v) is 9.30. The second-order valence-corrected chi connectivity index (χ2v) is 6.05. The molecule has 0 aliphatic rings. The Kier molecular flexibility index (Phi) is 13.3. The maximum Gasteiger partial charge on any atom is 0.306 e. The molecule has 0 aromatic rings. The van der Waals surface area contributed by atoms with E-state index in [0.717, 1.165) is 11.1 Å². The zero-order valence-corrected chi connectivity index (χ0v) is 16.8. The molecule has 150 valence electrons. The van der Waals surface area contributed by atoms with Crippen molar-refractivity contribution >= 4 is 5.97 Å². The molecule has 1 unspecified atom stereocenters. The smallest absolute Gasteiger partial charge is 0.306 e. The average molecular weight is 375 g/mol. The van der Waals surface area contributed by atoms with Crippen LogP contribution in [0.3, 0.4) is 0 Å². The van der Waals surface area contributed by atoms with E-state index in [1.807, 2.05) is 18.2 Å². The molecule has 0 saturated heterocycles. The Morgan fingerprint density at radius 1 is 1.00 bits per heavy atom. The number of rotatable bonds is 15. The van der Waals surface area contributed by atoms with Gasteiger partial charge in [0.05, 0.1) is 13.0 Å². The number of carbonyl (C=O) groups excluding carboxylic acids is 1. The lowest BCUT2D eigenvalue weighted by molar-refractivity contribution is -0.143. The topological polar surface area (TPSA) is 55.8 Å². The van der Waals surface area contributed by atoms with Crippen LogP contribution in [-0.4, -0.2) is 23.8 Å². The third kappa shape index (κ3) is 9.69. The van der Waals surface area contributed by atoms with Gasteiger partial charge in [-0.15, -0.1) is 26.3 Å². The van der Waals surface area contributed by atoms with Gasteiger partial charge in [0.2, 0.25) is 0 Å². The van der Waals surface area contributed by atoms with Gasteiger partial charge in [0.25, 0.3) is 0 Å². The van der Waals surface area contributed by atoms with Crippen molar-refractivity contribution in [1.29, 1.82) is 0 Å². The Labute approximate surface area is 164 Å². The number of hydrogen-bond acceptors (Lipinski definition) is 4. The molecular formula is C23H34O4. The van der Waals surface area contributed by atoms with Crippen molar-refractivity contribution in [2.75, 3.05) is 6.61 Å². The lowest BCUT2D eigenvalue weighted by atomic mass is 9.93. The van der Waals surface area contributed by atoms with Gasteiger partial charge in [-0.05, 0) is 38.7 Å². The highest BCUT2D eigenvalue weighted by molar-refractivity contribution is 5.69. The second kappa shape index (κ2) is 14.7. The molecule has 0 aliphatic heterocycles. The molecule has 0 radical (unpaired) electrons. The van der Waals surface area contributed by atoms with Gasteiger partial charge in [0.15, 0.2) is 0 Å². The molecule has 0 saturated carbocycles. The zero-order valence-electron chi connectivity index (χ0n) is 16.8. The van der Waals surface area contributed by atoms with E-state index in [1.165, 1.54) is 0 Å². The predicted octanol–water partition coefficient (Wildman–Crippen LogP) is 6.11. The summed E-state index contributed by atoms with van der Waals surface area (Å²) in [4.78, 5) is 11.7. The van der Waals surface area contributed by atoms with E-state index in [9.17, 15) is 9.90 Å². The average Bonchev–Trinajstić information content (AvgIpc) is 2.62. The molecule has 4 heteroatoms. The molecule has 27 heavy (non-hydrogen) atoms. The summed E-state index contributed by atoms with van der Waals surface area (Å²) in [6, 6.07) is 0. The fourth-order valence-electron chi connectivity index (χ4n) is 2.71. The highest BCUT2D eigenvalue weighted by atomic mass is 16.5. The van der Waals surface area contributed by atoms with Gasteiger partial charge in [0, 0.05) is 12.8 Å². The first-order valence-electron chi connectivity index (χ1n) is 9.30.